The molecule has 1 aliphatic rings. The minimum Gasteiger partial charge on any atom is -0.454 e. The van der Waals surface area contributed by atoms with Crippen molar-refractivity contribution < 1.29 is 14.3 Å². The summed E-state index contributed by atoms with van der Waals surface area (Å²) < 4.78 is 13.0. The number of aryl methyl sites for hydroxylation is 1. The average molecular weight is 500 g/mol. The Labute approximate surface area is 202 Å². The number of aromatic nitrogens is 2. The average Bonchev–Trinajstić information content (AvgIpc) is 3.45. The Balaban J connectivity index is 1.40. The fraction of sp³-hybridized carbons (Fsp3) is 0.174. The van der Waals surface area contributed by atoms with E-state index in [9.17, 15) is 9.59 Å². The molecule has 4 aromatic rings. The van der Waals surface area contributed by atoms with Gasteiger partial charge in [0.05, 0.1) is 28.5 Å². The van der Waals surface area contributed by atoms with E-state index < -0.39 is 0 Å². The van der Waals surface area contributed by atoms with Crippen molar-refractivity contribution in [3.05, 3.63) is 74.3 Å². The highest BCUT2D eigenvalue weighted by molar-refractivity contribution is 7.99. The molecule has 0 atom stereocenters. The van der Waals surface area contributed by atoms with E-state index in [1.165, 1.54) is 23.1 Å². The number of nitrogens with one attached hydrogen (secondary N) is 1. The van der Waals surface area contributed by atoms with Gasteiger partial charge in [-0.25, -0.2) is 4.98 Å². The van der Waals surface area contributed by atoms with Gasteiger partial charge in [-0.1, -0.05) is 35.5 Å². The molecule has 10 heteroatoms. The predicted octanol–water partition coefficient (Wildman–Crippen LogP) is 4.93. The molecule has 2 aromatic carbocycles. The van der Waals surface area contributed by atoms with Crippen molar-refractivity contribution in [2.45, 2.75) is 18.6 Å². The van der Waals surface area contributed by atoms with Crippen molar-refractivity contribution in [2.75, 3.05) is 17.9 Å². The van der Waals surface area contributed by atoms with Crippen LogP contribution in [0.25, 0.3) is 10.2 Å². The number of ether oxygens (including phenoxy) is 2. The molecule has 0 aliphatic carbocycles. The number of amides is 1. The second-order valence-electron chi connectivity index (χ2n) is 7.43. The van der Waals surface area contributed by atoms with Crippen LogP contribution in [0.2, 0.25) is 5.02 Å². The molecule has 1 amide bonds. The van der Waals surface area contributed by atoms with Crippen molar-refractivity contribution in [1.29, 1.82) is 0 Å². The molecule has 0 saturated heterocycles. The molecule has 0 unspecified atom stereocenters. The fourth-order valence-corrected chi connectivity index (χ4v) is 5.29. The zero-order valence-corrected chi connectivity index (χ0v) is 19.9. The van der Waals surface area contributed by atoms with E-state index in [1.54, 1.807) is 16.7 Å². The van der Waals surface area contributed by atoms with Crippen LogP contribution >= 0.6 is 34.7 Å². The Morgan fingerprint density at radius 2 is 2.06 bits per heavy atom. The summed E-state index contributed by atoms with van der Waals surface area (Å²) in [5.41, 5.74) is 2.91. The van der Waals surface area contributed by atoms with Crippen LogP contribution in [-0.2, 0) is 11.3 Å². The van der Waals surface area contributed by atoms with E-state index in [0.29, 0.717) is 44.1 Å². The van der Waals surface area contributed by atoms with Gasteiger partial charge in [0.2, 0.25) is 12.7 Å². The highest BCUT2D eigenvalue weighted by Crippen LogP contribution is 2.33. The molecule has 168 valence electrons. The molecule has 2 aromatic heterocycles. The molecular weight excluding hydrogens is 482 g/mol. The number of nitrogens with zero attached hydrogens (tertiary/aromatic N) is 2. The number of hydrogen-bond donors (Lipinski definition) is 1. The van der Waals surface area contributed by atoms with Crippen LogP contribution in [0.5, 0.6) is 11.5 Å². The number of carbonyl (C=O) groups excluding carboxylic acids is 1. The molecule has 33 heavy (non-hydrogen) atoms. The van der Waals surface area contributed by atoms with Gasteiger partial charge >= 0.3 is 0 Å². The zero-order chi connectivity index (χ0) is 22.9. The highest BCUT2D eigenvalue weighted by atomic mass is 35.5. The molecule has 5 rings (SSSR count). The van der Waals surface area contributed by atoms with Gasteiger partial charge in [-0.05, 0) is 53.8 Å². The van der Waals surface area contributed by atoms with Gasteiger partial charge < -0.3 is 14.8 Å². The Bertz CT molecular complexity index is 1430. The Morgan fingerprint density at radius 1 is 1.21 bits per heavy atom. The smallest absolute Gasteiger partial charge is 0.272 e. The van der Waals surface area contributed by atoms with Crippen LogP contribution in [0.4, 0.5) is 5.69 Å². The predicted molar refractivity (Wildman–Crippen MR) is 131 cm³/mol. The molecule has 0 spiro atoms. The summed E-state index contributed by atoms with van der Waals surface area (Å²) in [5.74, 6) is 1.17. The maximum atomic E-state index is 13.2. The van der Waals surface area contributed by atoms with Gasteiger partial charge in [-0.15, -0.1) is 11.3 Å². The van der Waals surface area contributed by atoms with Gasteiger partial charge in [0, 0.05) is 0 Å². The molecule has 0 saturated carbocycles. The van der Waals surface area contributed by atoms with Crippen LogP contribution < -0.4 is 20.3 Å². The number of fused-ring (bicyclic) bond motifs is 2. The Hall–Kier alpha value is -3.01. The van der Waals surface area contributed by atoms with Crippen molar-refractivity contribution in [3.8, 4) is 11.5 Å². The molecule has 1 aliphatic heterocycles. The standard InChI is InChI=1S/C23H18ClN3O4S2/c1-13-2-4-16(15(24)8-13)25-20(28)11-33-23-26-17-6-7-32-21(17)22(29)27(23)10-14-3-5-18-19(9-14)31-12-30-18/h2-9H,10-12H2,1H3,(H,25,28). The Morgan fingerprint density at radius 3 is 2.91 bits per heavy atom. The minimum absolute atomic E-state index is 0.0768. The van der Waals surface area contributed by atoms with Crippen molar-refractivity contribution >= 4 is 56.5 Å². The molecule has 3 heterocycles. The molecule has 0 fully saturated rings. The first kappa shape index (κ1) is 21.8. The second kappa shape index (κ2) is 9.09. The van der Waals surface area contributed by atoms with E-state index in [2.05, 4.69) is 10.3 Å². The molecule has 1 N–H and O–H groups in total. The van der Waals surface area contributed by atoms with Crippen LogP contribution in [0.15, 0.2) is 57.8 Å². The summed E-state index contributed by atoms with van der Waals surface area (Å²) in [4.78, 5) is 30.4. The number of hydrogen-bond acceptors (Lipinski definition) is 7. The number of thiophene rings is 1. The number of carbonyl (C=O) groups is 1. The number of anilines is 1. The lowest BCUT2D eigenvalue weighted by Crippen LogP contribution is -2.24. The van der Waals surface area contributed by atoms with E-state index in [4.69, 9.17) is 21.1 Å². The van der Waals surface area contributed by atoms with Crippen LogP contribution in [-0.4, -0.2) is 28.0 Å². The number of thioether (sulfide) groups is 1. The van der Waals surface area contributed by atoms with Crippen LogP contribution in [0.1, 0.15) is 11.1 Å². The summed E-state index contributed by atoms with van der Waals surface area (Å²) in [6.07, 6.45) is 0. The highest BCUT2D eigenvalue weighted by Gasteiger charge is 2.18. The number of halogens is 1. The van der Waals surface area contributed by atoms with Gasteiger partial charge in [-0.2, -0.15) is 0 Å². The largest absolute Gasteiger partial charge is 0.454 e. The lowest BCUT2D eigenvalue weighted by Gasteiger charge is -2.13. The lowest BCUT2D eigenvalue weighted by atomic mass is 10.2. The van der Waals surface area contributed by atoms with Crippen molar-refractivity contribution in [3.63, 3.8) is 0 Å². The topological polar surface area (TPSA) is 82.5 Å². The van der Waals surface area contributed by atoms with E-state index in [-0.39, 0.29) is 24.0 Å². The quantitative estimate of drug-likeness (QED) is 0.299. The zero-order valence-electron chi connectivity index (χ0n) is 17.5. The van der Waals surface area contributed by atoms with Crippen molar-refractivity contribution in [1.82, 2.24) is 9.55 Å². The minimum atomic E-state index is -0.236. The van der Waals surface area contributed by atoms with E-state index in [1.807, 2.05) is 42.6 Å². The second-order valence-corrected chi connectivity index (χ2v) is 9.69. The summed E-state index contributed by atoms with van der Waals surface area (Å²) in [5, 5.41) is 5.60. The van der Waals surface area contributed by atoms with Crippen LogP contribution in [0.3, 0.4) is 0 Å². The normalized spacial score (nSPS) is 12.3. The Kier molecular flexibility index (Phi) is 6.01. The third-order valence-corrected chi connectivity index (χ3v) is 7.22. The first-order valence-corrected chi connectivity index (χ1v) is 12.3. The summed E-state index contributed by atoms with van der Waals surface area (Å²) in [7, 11) is 0. The number of benzene rings is 2. The van der Waals surface area contributed by atoms with Gasteiger partial charge in [-0.3, -0.25) is 14.2 Å². The summed E-state index contributed by atoms with van der Waals surface area (Å²) in [6.45, 7) is 2.41. The van der Waals surface area contributed by atoms with Gasteiger partial charge in [0.1, 0.15) is 4.70 Å². The lowest BCUT2D eigenvalue weighted by molar-refractivity contribution is -0.113. The maximum absolute atomic E-state index is 13.2. The fourth-order valence-electron chi connectivity index (χ4n) is 3.43. The monoisotopic (exact) mass is 499 g/mol. The summed E-state index contributed by atoms with van der Waals surface area (Å²) >= 11 is 8.78. The molecule has 7 nitrogen and oxygen atoms in total. The third-order valence-electron chi connectivity index (χ3n) is 5.04. The first-order chi connectivity index (χ1) is 16.0. The van der Waals surface area contributed by atoms with E-state index >= 15 is 0 Å². The third kappa shape index (κ3) is 4.57. The molecular formula is C23H18ClN3O4S2. The van der Waals surface area contributed by atoms with Gasteiger partial charge in [0.15, 0.2) is 16.7 Å². The SMILES string of the molecule is Cc1ccc(NC(=O)CSc2nc3ccsc3c(=O)n2Cc2ccc3c(c2)OCO3)c(Cl)c1. The van der Waals surface area contributed by atoms with E-state index in [0.717, 1.165) is 11.1 Å². The van der Waals surface area contributed by atoms with Crippen LogP contribution in [0, 0.1) is 6.92 Å². The first-order valence-electron chi connectivity index (χ1n) is 10.0. The molecule has 0 radical (unpaired) electrons. The maximum Gasteiger partial charge on any atom is 0.272 e. The number of rotatable bonds is 6. The van der Waals surface area contributed by atoms with Crippen molar-refractivity contribution in [2.24, 2.45) is 0 Å². The molecule has 0 bridgehead atoms. The summed E-state index contributed by atoms with van der Waals surface area (Å²) in [6, 6.07) is 12.8. The van der Waals surface area contributed by atoms with Gasteiger partial charge in [0.25, 0.3) is 5.56 Å².